The molecule has 0 bridgehead atoms. The number of benzene rings is 2. The highest BCUT2D eigenvalue weighted by atomic mass is 16.6. The molecule has 39 heavy (non-hydrogen) atoms. The number of ether oxygens (including phenoxy) is 1. The second kappa shape index (κ2) is 10.2. The highest BCUT2D eigenvalue weighted by molar-refractivity contribution is 6.00. The number of aromatic nitrogens is 2. The van der Waals surface area contributed by atoms with Crippen LogP contribution in [0.2, 0.25) is 0 Å². The number of fused-ring (bicyclic) bond motifs is 1. The number of hydrogen-bond donors (Lipinski definition) is 3. The van der Waals surface area contributed by atoms with Crippen LogP contribution in [-0.4, -0.2) is 39.5 Å². The third kappa shape index (κ3) is 5.14. The molecule has 2 aromatic carbocycles. The number of anilines is 1. The Kier molecular flexibility index (Phi) is 6.94. The van der Waals surface area contributed by atoms with Gasteiger partial charge in [0.15, 0.2) is 0 Å². The van der Waals surface area contributed by atoms with Crippen molar-refractivity contribution in [3.8, 4) is 22.5 Å². The van der Waals surface area contributed by atoms with Crippen LogP contribution >= 0.6 is 0 Å². The van der Waals surface area contributed by atoms with Gasteiger partial charge in [0.25, 0.3) is 5.56 Å². The van der Waals surface area contributed by atoms with Gasteiger partial charge >= 0.3 is 6.09 Å². The van der Waals surface area contributed by atoms with Gasteiger partial charge in [-0.3, -0.25) is 9.36 Å². The largest absolute Gasteiger partial charge is 0.444 e. The second-order valence-corrected chi connectivity index (χ2v) is 10.9. The van der Waals surface area contributed by atoms with Gasteiger partial charge in [-0.05, 0) is 51.2 Å². The molecule has 1 amide bonds. The Morgan fingerprint density at radius 3 is 2.38 bits per heavy atom. The van der Waals surface area contributed by atoms with Gasteiger partial charge in [-0.25, -0.2) is 4.79 Å². The molecule has 1 aliphatic rings. The van der Waals surface area contributed by atoms with E-state index in [4.69, 9.17) is 9.15 Å². The lowest BCUT2D eigenvalue weighted by molar-refractivity contribution is 0.0377. The zero-order chi connectivity index (χ0) is 27.8. The Hall–Kier alpha value is -4.11. The van der Waals surface area contributed by atoms with Crippen molar-refractivity contribution in [3.63, 3.8) is 0 Å². The minimum absolute atomic E-state index is 0.0940. The van der Waals surface area contributed by atoms with Crippen LogP contribution < -0.4 is 16.2 Å². The SMILES string of the molecule is Cn1c(NCCO)nc2oc(-c3ccc(C4(NC(=O)OC(C)(C)C)CCC4)cc3)c(-c3ccccc3)c2c1=O. The van der Waals surface area contributed by atoms with E-state index in [1.807, 2.05) is 75.4 Å². The van der Waals surface area contributed by atoms with Gasteiger partial charge in [0.2, 0.25) is 11.7 Å². The molecule has 0 atom stereocenters. The third-order valence-corrected chi connectivity index (χ3v) is 7.04. The predicted molar refractivity (Wildman–Crippen MR) is 151 cm³/mol. The van der Waals surface area contributed by atoms with Gasteiger partial charge in [-0.1, -0.05) is 54.6 Å². The molecule has 0 radical (unpaired) electrons. The van der Waals surface area contributed by atoms with Crippen molar-refractivity contribution in [2.45, 2.75) is 51.2 Å². The van der Waals surface area contributed by atoms with Crippen molar-refractivity contribution in [1.29, 1.82) is 0 Å². The monoisotopic (exact) mass is 530 g/mol. The molecular formula is C30H34N4O5. The van der Waals surface area contributed by atoms with Gasteiger partial charge in [0.05, 0.1) is 12.1 Å². The van der Waals surface area contributed by atoms with Gasteiger partial charge in [0.1, 0.15) is 16.7 Å². The zero-order valence-electron chi connectivity index (χ0n) is 22.7. The molecular weight excluding hydrogens is 496 g/mol. The van der Waals surface area contributed by atoms with Crippen molar-refractivity contribution < 1.29 is 19.1 Å². The summed E-state index contributed by atoms with van der Waals surface area (Å²) in [5.74, 6) is 0.853. The number of rotatable bonds is 7. The lowest BCUT2D eigenvalue weighted by Crippen LogP contribution is -2.52. The van der Waals surface area contributed by atoms with Crippen LogP contribution in [-0.2, 0) is 17.3 Å². The molecule has 4 aromatic rings. The quantitative estimate of drug-likeness (QED) is 0.302. The number of amides is 1. The Labute approximate surface area is 226 Å². The van der Waals surface area contributed by atoms with Gasteiger partial charge in [0, 0.05) is 24.7 Å². The van der Waals surface area contributed by atoms with E-state index in [2.05, 4.69) is 15.6 Å². The van der Waals surface area contributed by atoms with E-state index in [9.17, 15) is 14.7 Å². The maximum absolute atomic E-state index is 13.5. The molecule has 9 heteroatoms. The average molecular weight is 531 g/mol. The van der Waals surface area contributed by atoms with Crippen LogP contribution in [0.1, 0.15) is 45.6 Å². The van der Waals surface area contributed by atoms with Crippen LogP contribution in [0.4, 0.5) is 10.7 Å². The summed E-state index contributed by atoms with van der Waals surface area (Å²) >= 11 is 0. The number of furan rings is 1. The second-order valence-electron chi connectivity index (χ2n) is 10.9. The normalized spacial score (nSPS) is 14.6. The number of aliphatic hydroxyl groups excluding tert-OH is 1. The maximum atomic E-state index is 13.5. The number of nitrogens with one attached hydrogen (secondary N) is 2. The third-order valence-electron chi connectivity index (χ3n) is 7.04. The first-order valence-corrected chi connectivity index (χ1v) is 13.2. The molecule has 2 heterocycles. The number of carbonyl (C=O) groups is 1. The molecule has 0 spiro atoms. The summed E-state index contributed by atoms with van der Waals surface area (Å²) in [5.41, 5.74) is 2.21. The molecule has 1 fully saturated rings. The van der Waals surface area contributed by atoms with Crippen LogP contribution in [0.15, 0.2) is 63.8 Å². The van der Waals surface area contributed by atoms with Crippen LogP contribution in [0.3, 0.4) is 0 Å². The van der Waals surface area contributed by atoms with Crippen LogP contribution in [0.5, 0.6) is 0 Å². The van der Waals surface area contributed by atoms with E-state index in [-0.39, 0.29) is 24.4 Å². The fourth-order valence-corrected chi connectivity index (χ4v) is 5.00. The lowest BCUT2D eigenvalue weighted by atomic mass is 9.71. The molecule has 9 nitrogen and oxygen atoms in total. The van der Waals surface area contributed by atoms with Gasteiger partial charge < -0.3 is 24.9 Å². The fourth-order valence-electron chi connectivity index (χ4n) is 5.00. The maximum Gasteiger partial charge on any atom is 0.408 e. The molecule has 0 aliphatic heterocycles. The van der Waals surface area contributed by atoms with E-state index in [1.165, 1.54) is 4.57 Å². The van der Waals surface area contributed by atoms with Crippen LogP contribution in [0, 0.1) is 0 Å². The summed E-state index contributed by atoms with van der Waals surface area (Å²) in [4.78, 5) is 30.6. The molecule has 3 N–H and O–H groups in total. The number of carbonyl (C=O) groups excluding carboxylic acids is 1. The average Bonchev–Trinajstić information content (AvgIpc) is 3.27. The van der Waals surface area contributed by atoms with E-state index in [0.29, 0.717) is 22.7 Å². The lowest BCUT2D eigenvalue weighted by Gasteiger charge is -2.43. The standard InChI is InChI=1S/C30H34N4O5/c1-29(2,3)39-28(37)33-30(15-8-16-30)21-13-11-20(12-14-21)24-22(19-9-6-5-7-10-19)23-25(38-24)32-27(31-17-18-35)34(4)26(23)36/h5-7,9-14,35H,8,15-18H2,1-4H3,(H,31,32)(H,33,37). The Morgan fingerprint density at radius 2 is 1.79 bits per heavy atom. The van der Waals surface area contributed by atoms with E-state index < -0.39 is 17.2 Å². The Morgan fingerprint density at radius 1 is 1.10 bits per heavy atom. The summed E-state index contributed by atoms with van der Waals surface area (Å²) in [5, 5.41) is 15.7. The first kappa shape index (κ1) is 26.5. The molecule has 0 unspecified atom stereocenters. The zero-order valence-corrected chi connectivity index (χ0v) is 22.7. The van der Waals surface area contributed by atoms with Crippen LogP contribution in [0.25, 0.3) is 33.6 Å². The first-order valence-electron chi connectivity index (χ1n) is 13.2. The number of alkyl carbamates (subject to hydrolysis) is 1. The van der Waals surface area contributed by atoms with Crippen molar-refractivity contribution in [2.75, 3.05) is 18.5 Å². The minimum Gasteiger partial charge on any atom is -0.444 e. The highest BCUT2D eigenvalue weighted by Crippen LogP contribution is 2.43. The van der Waals surface area contributed by atoms with Gasteiger partial charge in [-0.15, -0.1) is 0 Å². The van der Waals surface area contributed by atoms with Crippen molar-refractivity contribution in [2.24, 2.45) is 7.05 Å². The van der Waals surface area contributed by atoms with Crippen molar-refractivity contribution >= 4 is 23.1 Å². The molecule has 0 saturated heterocycles. The summed E-state index contributed by atoms with van der Waals surface area (Å²) in [6.45, 7) is 5.70. The smallest absolute Gasteiger partial charge is 0.408 e. The first-order chi connectivity index (χ1) is 18.6. The minimum atomic E-state index is -0.577. The number of aliphatic hydroxyl groups is 1. The summed E-state index contributed by atoms with van der Waals surface area (Å²) in [7, 11) is 1.64. The molecule has 5 rings (SSSR count). The molecule has 1 aliphatic carbocycles. The topological polar surface area (TPSA) is 119 Å². The van der Waals surface area contributed by atoms with Gasteiger partial charge in [-0.2, -0.15) is 4.98 Å². The Bertz CT molecular complexity index is 1550. The molecule has 2 aromatic heterocycles. The molecule has 1 saturated carbocycles. The van der Waals surface area contributed by atoms with E-state index >= 15 is 0 Å². The van der Waals surface area contributed by atoms with Crippen molar-refractivity contribution in [3.05, 3.63) is 70.5 Å². The summed E-state index contributed by atoms with van der Waals surface area (Å²) in [6, 6.07) is 17.5. The van der Waals surface area contributed by atoms with E-state index in [1.54, 1.807) is 7.05 Å². The van der Waals surface area contributed by atoms with E-state index in [0.717, 1.165) is 36.0 Å². The number of hydrogen-bond acceptors (Lipinski definition) is 7. The Balaban J connectivity index is 1.57. The number of nitrogens with zero attached hydrogens (tertiary/aromatic N) is 2. The summed E-state index contributed by atoms with van der Waals surface area (Å²) in [6.07, 6.45) is 2.24. The van der Waals surface area contributed by atoms with Crippen molar-refractivity contribution in [1.82, 2.24) is 14.9 Å². The summed E-state index contributed by atoms with van der Waals surface area (Å²) < 4.78 is 13.2. The predicted octanol–water partition coefficient (Wildman–Crippen LogP) is 5.17. The molecule has 204 valence electrons. The fraction of sp³-hybridized carbons (Fsp3) is 0.367. The highest BCUT2D eigenvalue weighted by Gasteiger charge is 2.41.